The number of aromatic nitrogens is 2. The molecule has 0 spiro atoms. The second-order valence-electron chi connectivity index (χ2n) is 3.61. The van der Waals surface area contributed by atoms with Crippen LogP contribution >= 0.6 is 11.8 Å². The molecule has 5 nitrogen and oxygen atoms in total. The third-order valence-corrected chi connectivity index (χ3v) is 3.44. The maximum absolute atomic E-state index is 11.3. The van der Waals surface area contributed by atoms with Gasteiger partial charge in [0.25, 0.3) is 0 Å². The molecule has 0 aromatic carbocycles. The van der Waals surface area contributed by atoms with E-state index in [0.717, 1.165) is 30.4 Å². The van der Waals surface area contributed by atoms with Crippen LogP contribution in [0.2, 0.25) is 0 Å². The molecule has 18 heavy (non-hydrogen) atoms. The van der Waals surface area contributed by atoms with E-state index < -0.39 is 5.97 Å². The molecule has 1 aromatic heterocycles. The van der Waals surface area contributed by atoms with Gasteiger partial charge in [-0.1, -0.05) is 13.8 Å². The van der Waals surface area contributed by atoms with Crippen LogP contribution in [0.1, 0.15) is 24.3 Å². The molecule has 0 amide bonds. The third-order valence-electron chi connectivity index (χ3n) is 2.56. The van der Waals surface area contributed by atoms with E-state index in [-0.39, 0.29) is 5.69 Å². The van der Waals surface area contributed by atoms with Gasteiger partial charge in [0, 0.05) is 12.3 Å². The van der Waals surface area contributed by atoms with Crippen molar-refractivity contribution in [3.8, 4) is 0 Å². The summed E-state index contributed by atoms with van der Waals surface area (Å²) in [6.07, 6.45) is 3.08. The Hall–Kier alpha value is -1.14. The number of esters is 1. The van der Waals surface area contributed by atoms with Crippen LogP contribution in [0.15, 0.2) is 17.4 Å². The highest BCUT2D eigenvalue weighted by Gasteiger charge is 2.09. The second kappa shape index (κ2) is 8.05. The Labute approximate surface area is 112 Å². The Kier molecular flexibility index (Phi) is 6.67. The first-order valence-electron chi connectivity index (χ1n) is 5.96. The molecule has 0 aliphatic rings. The molecule has 0 atom stereocenters. The summed E-state index contributed by atoms with van der Waals surface area (Å²) in [6, 6.07) is 0. The van der Waals surface area contributed by atoms with Crippen molar-refractivity contribution in [1.29, 1.82) is 0 Å². The maximum Gasteiger partial charge on any atom is 0.358 e. The van der Waals surface area contributed by atoms with E-state index in [9.17, 15) is 4.79 Å². The topological polar surface area (TPSA) is 55.3 Å². The van der Waals surface area contributed by atoms with Crippen molar-refractivity contribution in [2.45, 2.75) is 18.9 Å². The molecule has 1 rings (SSSR count). The molecule has 100 valence electrons. The molecule has 0 saturated carbocycles. The second-order valence-corrected chi connectivity index (χ2v) is 4.72. The molecule has 0 N–H and O–H groups in total. The van der Waals surface area contributed by atoms with Crippen LogP contribution in [-0.4, -0.2) is 53.3 Å². The van der Waals surface area contributed by atoms with Gasteiger partial charge in [0.2, 0.25) is 0 Å². The molecule has 0 fully saturated rings. The summed E-state index contributed by atoms with van der Waals surface area (Å²) in [5.74, 6) is 0.481. The van der Waals surface area contributed by atoms with E-state index >= 15 is 0 Å². The maximum atomic E-state index is 11.3. The summed E-state index contributed by atoms with van der Waals surface area (Å²) in [7, 11) is 1.34. The van der Waals surface area contributed by atoms with Crippen molar-refractivity contribution in [3.63, 3.8) is 0 Å². The van der Waals surface area contributed by atoms with Gasteiger partial charge in [0.1, 0.15) is 5.03 Å². The largest absolute Gasteiger partial charge is 0.464 e. The minimum Gasteiger partial charge on any atom is -0.464 e. The number of carbonyl (C=O) groups is 1. The summed E-state index contributed by atoms with van der Waals surface area (Å²) < 4.78 is 4.61. The summed E-state index contributed by atoms with van der Waals surface area (Å²) in [6.45, 7) is 7.38. The summed E-state index contributed by atoms with van der Waals surface area (Å²) in [4.78, 5) is 21.8. The Balaban J connectivity index is 2.50. The predicted molar refractivity (Wildman–Crippen MR) is 71.9 cm³/mol. The number of rotatable bonds is 7. The molecule has 6 heteroatoms. The van der Waals surface area contributed by atoms with E-state index in [1.807, 2.05) is 0 Å². The lowest BCUT2D eigenvalue weighted by molar-refractivity contribution is 0.0592. The average molecular weight is 269 g/mol. The first-order chi connectivity index (χ1) is 8.71. The first kappa shape index (κ1) is 14.9. The smallest absolute Gasteiger partial charge is 0.358 e. The van der Waals surface area contributed by atoms with Crippen molar-refractivity contribution < 1.29 is 9.53 Å². The highest BCUT2D eigenvalue weighted by Crippen LogP contribution is 2.14. The van der Waals surface area contributed by atoms with Gasteiger partial charge in [-0.2, -0.15) is 0 Å². The fourth-order valence-corrected chi connectivity index (χ4v) is 2.30. The number of hydrogen-bond donors (Lipinski definition) is 0. The standard InChI is InChI=1S/C12H19N3O2S/c1-4-15(5-2)6-7-18-11-9-13-8-10(14-11)12(16)17-3/h8-9H,4-7H2,1-3H3. The molecule has 1 heterocycles. The molecule has 0 saturated heterocycles. The normalized spacial score (nSPS) is 10.7. The zero-order chi connectivity index (χ0) is 13.4. The lowest BCUT2D eigenvalue weighted by Gasteiger charge is -2.16. The van der Waals surface area contributed by atoms with E-state index in [1.165, 1.54) is 13.3 Å². The van der Waals surface area contributed by atoms with Crippen LogP contribution in [0.3, 0.4) is 0 Å². The van der Waals surface area contributed by atoms with Gasteiger partial charge in [0.05, 0.1) is 19.5 Å². The lowest BCUT2D eigenvalue weighted by atomic mass is 10.5. The summed E-state index contributed by atoms with van der Waals surface area (Å²) in [5.41, 5.74) is 0.255. The number of carbonyl (C=O) groups excluding carboxylic acids is 1. The quantitative estimate of drug-likeness (QED) is 0.554. The molecular formula is C12H19N3O2S. The van der Waals surface area contributed by atoms with Crippen molar-refractivity contribution in [1.82, 2.24) is 14.9 Å². The highest BCUT2D eigenvalue weighted by molar-refractivity contribution is 7.99. The van der Waals surface area contributed by atoms with Crippen LogP contribution in [0, 0.1) is 0 Å². The molecule has 0 unspecified atom stereocenters. The Bertz CT molecular complexity index is 383. The molecule has 1 aromatic rings. The minimum absolute atomic E-state index is 0.255. The van der Waals surface area contributed by atoms with E-state index in [0.29, 0.717) is 0 Å². The van der Waals surface area contributed by atoms with E-state index in [2.05, 4.69) is 33.5 Å². The van der Waals surface area contributed by atoms with Crippen LogP contribution in [-0.2, 0) is 4.74 Å². The minimum atomic E-state index is -0.450. The van der Waals surface area contributed by atoms with Gasteiger partial charge in [-0.25, -0.2) is 9.78 Å². The van der Waals surface area contributed by atoms with Crippen LogP contribution in [0.4, 0.5) is 0 Å². The van der Waals surface area contributed by atoms with Crippen LogP contribution < -0.4 is 0 Å². The number of thioether (sulfide) groups is 1. The summed E-state index contributed by atoms with van der Waals surface area (Å²) >= 11 is 1.60. The Morgan fingerprint density at radius 2 is 2.11 bits per heavy atom. The third kappa shape index (κ3) is 4.62. The van der Waals surface area contributed by atoms with Gasteiger partial charge in [-0.3, -0.25) is 4.98 Å². The van der Waals surface area contributed by atoms with E-state index in [4.69, 9.17) is 0 Å². The van der Waals surface area contributed by atoms with Crippen LogP contribution in [0.5, 0.6) is 0 Å². The zero-order valence-corrected chi connectivity index (χ0v) is 11.9. The number of hydrogen-bond acceptors (Lipinski definition) is 6. The van der Waals surface area contributed by atoms with Crippen molar-refractivity contribution in [2.75, 3.05) is 32.5 Å². The fourth-order valence-electron chi connectivity index (χ4n) is 1.44. The number of ether oxygens (including phenoxy) is 1. The summed E-state index contributed by atoms with van der Waals surface area (Å²) in [5, 5.41) is 0.755. The van der Waals surface area contributed by atoms with Gasteiger partial charge in [-0.05, 0) is 13.1 Å². The zero-order valence-electron chi connectivity index (χ0n) is 11.0. The predicted octanol–water partition coefficient (Wildman–Crippen LogP) is 1.70. The number of nitrogens with zero attached hydrogens (tertiary/aromatic N) is 3. The number of methoxy groups -OCH3 is 1. The molecule has 0 radical (unpaired) electrons. The van der Waals surface area contributed by atoms with Crippen LogP contribution in [0.25, 0.3) is 0 Å². The molecule has 0 aliphatic heterocycles. The molecule has 0 aliphatic carbocycles. The Morgan fingerprint density at radius 1 is 1.39 bits per heavy atom. The van der Waals surface area contributed by atoms with Crippen molar-refractivity contribution in [2.24, 2.45) is 0 Å². The monoisotopic (exact) mass is 269 g/mol. The molecule has 0 bridgehead atoms. The van der Waals surface area contributed by atoms with Crippen molar-refractivity contribution in [3.05, 3.63) is 18.1 Å². The SMILES string of the molecule is CCN(CC)CCSc1cncc(C(=O)OC)n1. The Morgan fingerprint density at radius 3 is 2.72 bits per heavy atom. The first-order valence-corrected chi connectivity index (χ1v) is 6.95. The fraction of sp³-hybridized carbons (Fsp3) is 0.583. The van der Waals surface area contributed by atoms with Crippen molar-refractivity contribution >= 4 is 17.7 Å². The lowest BCUT2D eigenvalue weighted by Crippen LogP contribution is -2.25. The van der Waals surface area contributed by atoms with Gasteiger partial charge in [0.15, 0.2) is 5.69 Å². The van der Waals surface area contributed by atoms with Gasteiger partial charge < -0.3 is 9.64 Å². The molecular weight excluding hydrogens is 250 g/mol. The van der Waals surface area contributed by atoms with E-state index in [1.54, 1.807) is 18.0 Å². The van der Waals surface area contributed by atoms with Gasteiger partial charge in [-0.15, -0.1) is 11.8 Å². The van der Waals surface area contributed by atoms with Gasteiger partial charge >= 0.3 is 5.97 Å². The highest BCUT2D eigenvalue weighted by atomic mass is 32.2. The average Bonchev–Trinajstić information content (AvgIpc) is 2.43.